The molecule has 1 amide bonds. The number of carbonyl (C=O) groups excluding carboxylic acids is 1. The number of benzene rings is 3. The number of aryl methyl sites for hydroxylation is 1. The largest absolute Gasteiger partial charge is 0.497 e. The second-order valence-electron chi connectivity index (χ2n) is 8.37. The minimum Gasteiger partial charge on any atom is -0.497 e. The lowest BCUT2D eigenvalue weighted by atomic mass is 10.0. The van der Waals surface area contributed by atoms with Crippen LogP contribution in [0.3, 0.4) is 0 Å². The molecule has 6 nitrogen and oxygen atoms in total. The van der Waals surface area contributed by atoms with Crippen LogP contribution in [-0.4, -0.2) is 50.8 Å². The van der Waals surface area contributed by atoms with Crippen molar-refractivity contribution in [3.8, 4) is 5.75 Å². The number of morpholine rings is 1. The Balaban J connectivity index is 1.40. The highest BCUT2D eigenvalue weighted by molar-refractivity contribution is 6.08. The van der Waals surface area contributed by atoms with Gasteiger partial charge in [0.15, 0.2) is 5.76 Å². The molecule has 5 rings (SSSR count). The Bertz CT molecular complexity index is 1270. The molecule has 4 aromatic rings. The molecule has 2 heterocycles. The summed E-state index contributed by atoms with van der Waals surface area (Å²) >= 11 is 0. The summed E-state index contributed by atoms with van der Waals surface area (Å²) in [6.07, 6.45) is 0. The molecule has 1 aliphatic heterocycles. The summed E-state index contributed by atoms with van der Waals surface area (Å²) in [5.74, 6) is 0.991. The van der Waals surface area contributed by atoms with E-state index < -0.39 is 0 Å². The zero-order valence-electron chi connectivity index (χ0n) is 19.0. The van der Waals surface area contributed by atoms with Crippen molar-refractivity contribution in [3.05, 3.63) is 77.6 Å². The maximum Gasteiger partial charge on any atom is 0.287 e. The van der Waals surface area contributed by atoms with Gasteiger partial charge in [-0.05, 0) is 30.0 Å². The highest BCUT2D eigenvalue weighted by atomic mass is 16.5. The smallest absolute Gasteiger partial charge is 0.287 e. The van der Waals surface area contributed by atoms with E-state index >= 15 is 0 Å². The molecule has 0 spiro atoms. The highest BCUT2D eigenvalue weighted by Gasteiger charge is 2.25. The first-order valence-corrected chi connectivity index (χ1v) is 11.3. The lowest BCUT2D eigenvalue weighted by Crippen LogP contribution is -2.43. The molecular formula is C27H28N2O4. The van der Waals surface area contributed by atoms with Crippen LogP contribution in [0.5, 0.6) is 5.75 Å². The zero-order chi connectivity index (χ0) is 22.8. The van der Waals surface area contributed by atoms with Crippen LogP contribution in [0.15, 0.2) is 65.1 Å². The molecule has 1 fully saturated rings. The van der Waals surface area contributed by atoms with Gasteiger partial charge in [0.25, 0.3) is 5.91 Å². The van der Waals surface area contributed by atoms with Gasteiger partial charge in [0, 0.05) is 36.0 Å². The maximum absolute atomic E-state index is 13.2. The Morgan fingerprint density at radius 2 is 1.79 bits per heavy atom. The standard InChI is InChI=1S/C27H28N2O4/c1-18-22-12-9-19-5-3-4-6-23(19)26(22)33-25(18)27(30)28-17-24(29-13-15-32-16-14-29)20-7-10-21(31-2)11-8-20/h3-12,24H,13-17H2,1-2H3,(H,28,30). The van der Waals surface area contributed by atoms with Gasteiger partial charge in [0.1, 0.15) is 11.3 Å². The van der Waals surface area contributed by atoms with Gasteiger partial charge in [-0.3, -0.25) is 9.69 Å². The van der Waals surface area contributed by atoms with Crippen molar-refractivity contribution in [3.63, 3.8) is 0 Å². The number of methoxy groups -OCH3 is 1. The van der Waals surface area contributed by atoms with Crippen LogP contribution < -0.4 is 10.1 Å². The maximum atomic E-state index is 13.2. The third-order valence-corrected chi connectivity index (χ3v) is 6.48. The molecular weight excluding hydrogens is 416 g/mol. The van der Waals surface area contributed by atoms with Gasteiger partial charge in [-0.15, -0.1) is 0 Å². The third kappa shape index (κ3) is 4.19. The number of carbonyl (C=O) groups is 1. The van der Waals surface area contributed by atoms with Crippen LogP contribution >= 0.6 is 0 Å². The normalized spacial score (nSPS) is 15.6. The summed E-state index contributed by atoms with van der Waals surface area (Å²) in [6, 6.07) is 20.2. The molecule has 1 N–H and O–H groups in total. The monoisotopic (exact) mass is 444 g/mol. The number of nitrogens with one attached hydrogen (secondary N) is 1. The molecule has 1 unspecified atom stereocenters. The third-order valence-electron chi connectivity index (χ3n) is 6.48. The number of furan rings is 1. The van der Waals surface area contributed by atoms with Crippen LogP contribution in [0.25, 0.3) is 21.7 Å². The zero-order valence-corrected chi connectivity index (χ0v) is 19.0. The summed E-state index contributed by atoms with van der Waals surface area (Å²) in [5, 5.41) is 6.21. The highest BCUT2D eigenvalue weighted by Crippen LogP contribution is 2.32. The molecule has 1 saturated heterocycles. The van der Waals surface area contributed by atoms with E-state index in [9.17, 15) is 4.79 Å². The lowest BCUT2D eigenvalue weighted by Gasteiger charge is -2.35. The van der Waals surface area contributed by atoms with Crippen molar-refractivity contribution in [1.82, 2.24) is 10.2 Å². The van der Waals surface area contributed by atoms with Gasteiger partial charge in [0.2, 0.25) is 0 Å². The number of amides is 1. The van der Waals surface area contributed by atoms with E-state index in [1.807, 2.05) is 49.4 Å². The van der Waals surface area contributed by atoms with Crippen molar-refractivity contribution in [1.29, 1.82) is 0 Å². The lowest BCUT2D eigenvalue weighted by molar-refractivity contribution is 0.0161. The van der Waals surface area contributed by atoms with Crippen molar-refractivity contribution < 1.29 is 18.7 Å². The number of fused-ring (bicyclic) bond motifs is 3. The fourth-order valence-corrected chi connectivity index (χ4v) is 4.61. The van der Waals surface area contributed by atoms with Crippen molar-refractivity contribution in [2.24, 2.45) is 0 Å². The van der Waals surface area contributed by atoms with Crippen molar-refractivity contribution >= 4 is 27.6 Å². The van der Waals surface area contributed by atoms with E-state index in [1.165, 1.54) is 0 Å². The predicted octanol–water partition coefficient (Wildman–Crippen LogP) is 4.71. The number of ether oxygens (including phenoxy) is 2. The van der Waals surface area contributed by atoms with Crippen LogP contribution in [0.2, 0.25) is 0 Å². The van der Waals surface area contributed by atoms with E-state index in [4.69, 9.17) is 13.9 Å². The van der Waals surface area contributed by atoms with Crippen LogP contribution in [0.1, 0.15) is 27.7 Å². The summed E-state index contributed by atoms with van der Waals surface area (Å²) in [6.45, 7) is 5.44. The van der Waals surface area contributed by atoms with Gasteiger partial charge in [-0.2, -0.15) is 0 Å². The molecule has 0 saturated carbocycles. The number of nitrogens with zero attached hydrogens (tertiary/aromatic N) is 1. The van der Waals surface area contributed by atoms with E-state index in [0.717, 1.165) is 51.7 Å². The van der Waals surface area contributed by atoms with Gasteiger partial charge in [0.05, 0.1) is 26.4 Å². The van der Waals surface area contributed by atoms with Crippen LogP contribution in [0.4, 0.5) is 0 Å². The SMILES string of the molecule is COc1ccc(C(CNC(=O)c2oc3c(ccc4ccccc43)c2C)N2CCOCC2)cc1. The fraction of sp³-hybridized carbons (Fsp3) is 0.296. The molecule has 0 bridgehead atoms. The molecule has 33 heavy (non-hydrogen) atoms. The molecule has 170 valence electrons. The van der Waals surface area contributed by atoms with Gasteiger partial charge < -0.3 is 19.2 Å². The predicted molar refractivity (Wildman–Crippen MR) is 129 cm³/mol. The molecule has 3 aromatic carbocycles. The van der Waals surface area contributed by atoms with E-state index in [1.54, 1.807) is 7.11 Å². The minimum atomic E-state index is -0.195. The summed E-state index contributed by atoms with van der Waals surface area (Å²) in [4.78, 5) is 15.6. The molecule has 0 aliphatic carbocycles. The second kappa shape index (κ2) is 9.25. The fourth-order valence-electron chi connectivity index (χ4n) is 4.61. The molecule has 1 atom stereocenters. The Morgan fingerprint density at radius 1 is 1.03 bits per heavy atom. The molecule has 1 aliphatic rings. The first-order chi connectivity index (χ1) is 16.2. The quantitative estimate of drug-likeness (QED) is 0.467. The van der Waals surface area contributed by atoms with Crippen LogP contribution in [0, 0.1) is 6.92 Å². The van der Waals surface area contributed by atoms with Crippen LogP contribution in [-0.2, 0) is 4.74 Å². The average molecular weight is 445 g/mol. The van der Waals surface area contributed by atoms with Gasteiger partial charge >= 0.3 is 0 Å². The van der Waals surface area contributed by atoms with Gasteiger partial charge in [-0.1, -0.05) is 48.5 Å². The summed E-state index contributed by atoms with van der Waals surface area (Å²) < 4.78 is 17.0. The average Bonchev–Trinajstić information content (AvgIpc) is 3.22. The van der Waals surface area contributed by atoms with E-state index in [2.05, 4.69) is 28.4 Å². The Kier molecular flexibility index (Phi) is 6.03. The number of rotatable bonds is 6. The van der Waals surface area contributed by atoms with Gasteiger partial charge in [-0.25, -0.2) is 0 Å². The summed E-state index contributed by atoms with van der Waals surface area (Å²) in [5.41, 5.74) is 2.75. The van der Waals surface area contributed by atoms with Crippen molar-refractivity contribution in [2.45, 2.75) is 13.0 Å². The topological polar surface area (TPSA) is 63.9 Å². The van der Waals surface area contributed by atoms with E-state index in [-0.39, 0.29) is 11.9 Å². The van der Waals surface area contributed by atoms with E-state index in [0.29, 0.717) is 25.5 Å². The number of hydrogen-bond acceptors (Lipinski definition) is 5. The van der Waals surface area contributed by atoms with Crippen molar-refractivity contribution in [2.75, 3.05) is 40.0 Å². The minimum absolute atomic E-state index is 0.0364. The summed E-state index contributed by atoms with van der Waals surface area (Å²) in [7, 11) is 1.66. The number of hydrogen-bond donors (Lipinski definition) is 1. The Hall–Kier alpha value is -3.35. The first-order valence-electron chi connectivity index (χ1n) is 11.3. The first kappa shape index (κ1) is 21.5. The molecule has 6 heteroatoms. The second-order valence-corrected chi connectivity index (χ2v) is 8.37. The molecule has 1 aromatic heterocycles. The molecule has 0 radical (unpaired) electrons. The Labute approximate surface area is 193 Å². The Morgan fingerprint density at radius 3 is 2.55 bits per heavy atom.